The molecular weight excluding hydrogens is 328 g/mol. The number of hydrogen-bond donors (Lipinski definition) is 1. The van der Waals surface area contributed by atoms with Gasteiger partial charge in [0.15, 0.2) is 0 Å². The summed E-state index contributed by atoms with van der Waals surface area (Å²) in [7, 11) is 2.05. The number of pyridine rings is 2. The highest BCUT2D eigenvalue weighted by Gasteiger charge is 2.10. The third-order valence-electron chi connectivity index (χ3n) is 3.14. The van der Waals surface area contributed by atoms with Crippen LogP contribution in [0.3, 0.4) is 0 Å². The molecule has 0 atom stereocenters. The first kappa shape index (κ1) is 15.9. The molecule has 0 radical (unpaired) electrons. The van der Waals surface area contributed by atoms with Crippen molar-refractivity contribution in [1.82, 2.24) is 15.3 Å². The van der Waals surface area contributed by atoms with Gasteiger partial charge in [-0.25, -0.2) is 4.98 Å². The topological polar surface area (TPSA) is 41.1 Å². The molecule has 0 fully saturated rings. The highest BCUT2D eigenvalue weighted by Crippen LogP contribution is 2.21. The van der Waals surface area contributed by atoms with E-state index in [4.69, 9.17) is 0 Å². The van der Waals surface area contributed by atoms with Crippen molar-refractivity contribution in [2.24, 2.45) is 0 Å². The second-order valence-corrected chi connectivity index (χ2v) is 5.91. The van der Waals surface area contributed by atoms with Crippen molar-refractivity contribution >= 4 is 21.7 Å². The second-order valence-electron chi connectivity index (χ2n) is 4.99. The fourth-order valence-electron chi connectivity index (χ4n) is 2.16. The van der Waals surface area contributed by atoms with E-state index in [0.717, 1.165) is 42.0 Å². The van der Waals surface area contributed by atoms with E-state index in [1.54, 1.807) is 0 Å². The van der Waals surface area contributed by atoms with Crippen LogP contribution in [0.15, 0.2) is 41.1 Å². The van der Waals surface area contributed by atoms with Gasteiger partial charge in [-0.05, 0) is 47.1 Å². The SMILES string of the molecule is CCCNCc1cc(Br)cnc1N(C)Cc1ccccn1. The first-order valence-electron chi connectivity index (χ1n) is 7.17. The van der Waals surface area contributed by atoms with Gasteiger partial charge in [0.25, 0.3) is 0 Å². The minimum atomic E-state index is 0.746. The Labute approximate surface area is 134 Å². The molecule has 0 aliphatic rings. The lowest BCUT2D eigenvalue weighted by molar-refractivity contribution is 0.671. The fraction of sp³-hybridized carbons (Fsp3) is 0.375. The number of anilines is 1. The van der Waals surface area contributed by atoms with E-state index in [9.17, 15) is 0 Å². The molecule has 2 heterocycles. The fourth-order valence-corrected chi connectivity index (χ4v) is 2.54. The largest absolute Gasteiger partial charge is 0.354 e. The summed E-state index contributed by atoms with van der Waals surface area (Å²) in [5.41, 5.74) is 2.23. The quantitative estimate of drug-likeness (QED) is 0.778. The first-order valence-corrected chi connectivity index (χ1v) is 7.96. The number of nitrogens with zero attached hydrogens (tertiary/aromatic N) is 3. The lowest BCUT2D eigenvalue weighted by Crippen LogP contribution is -2.22. The molecule has 0 spiro atoms. The highest BCUT2D eigenvalue weighted by molar-refractivity contribution is 9.10. The van der Waals surface area contributed by atoms with E-state index in [2.05, 4.69) is 49.1 Å². The summed E-state index contributed by atoms with van der Waals surface area (Å²) in [6, 6.07) is 8.10. The van der Waals surface area contributed by atoms with Crippen LogP contribution < -0.4 is 10.2 Å². The molecule has 4 nitrogen and oxygen atoms in total. The third kappa shape index (κ3) is 4.79. The Kier molecular flexibility index (Phi) is 6.14. The van der Waals surface area contributed by atoms with Crippen LogP contribution >= 0.6 is 15.9 Å². The lowest BCUT2D eigenvalue weighted by atomic mass is 10.2. The van der Waals surface area contributed by atoms with Gasteiger partial charge in [-0.15, -0.1) is 0 Å². The van der Waals surface area contributed by atoms with Crippen LogP contribution in [0.5, 0.6) is 0 Å². The number of aromatic nitrogens is 2. The van der Waals surface area contributed by atoms with E-state index < -0.39 is 0 Å². The number of halogens is 1. The number of nitrogens with one attached hydrogen (secondary N) is 1. The van der Waals surface area contributed by atoms with Crippen molar-refractivity contribution in [3.05, 3.63) is 52.4 Å². The molecule has 2 aromatic rings. The van der Waals surface area contributed by atoms with Gasteiger partial charge in [0.2, 0.25) is 0 Å². The Bertz CT molecular complexity index is 559. The molecule has 0 aliphatic carbocycles. The Morgan fingerprint density at radius 3 is 2.86 bits per heavy atom. The van der Waals surface area contributed by atoms with Crippen LogP contribution in [-0.2, 0) is 13.1 Å². The second kappa shape index (κ2) is 8.10. The third-order valence-corrected chi connectivity index (χ3v) is 3.57. The van der Waals surface area contributed by atoms with Crippen molar-refractivity contribution in [1.29, 1.82) is 0 Å². The lowest BCUT2D eigenvalue weighted by Gasteiger charge is -2.21. The number of rotatable bonds is 7. The van der Waals surface area contributed by atoms with Crippen LogP contribution in [0, 0.1) is 0 Å². The van der Waals surface area contributed by atoms with Crippen molar-refractivity contribution in [3.63, 3.8) is 0 Å². The zero-order valence-electron chi connectivity index (χ0n) is 12.5. The summed E-state index contributed by atoms with van der Waals surface area (Å²) in [6.45, 7) is 4.74. The molecule has 0 bridgehead atoms. The zero-order valence-corrected chi connectivity index (χ0v) is 14.1. The summed E-state index contributed by atoms with van der Waals surface area (Å²) in [5, 5.41) is 3.43. The predicted octanol–water partition coefficient (Wildman–Crippen LogP) is 3.38. The minimum Gasteiger partial charge on any atom is -0.354 e. The standard InChI is InChI=1S/C16H21BrN4/c1-3-7-18-10-13-9-14(17)11-20-16(13)21(2)12-15-6-4-5-8-19-15/h4-6,8-9,11,18H,3,7,10,12H2,1-2H3. The molecular formula is C16H21BrN4. The summed E-state index contributed by atoms with van der Waals surface area (Å²) in [5.74, 6) is 0.993. The van der Waals surface area contributed by atoms with E-state index in [-0.39, 0.29) is 0 Å². The van der Waals surface area contributed by atoms with Gasteiger partial charge in [-0.3, -0.25) is 4.98 Å². The smallest absolute Gasteiger partial charge is 0.133 e. The minimum absolute atomic E-state index is 0.746. The van der Waals surface area contributed by atoms with Crippen LogP contribution in [0.4, 0.5) is 5.82 Å². The molecule has 2 rings (SSSR count). The van der Waals surface area contributed by atoms with Crippen LogP contribution in [0.1, 0.15) is 24.6 Å². The van der Waals surface area contributed by atoms with Crippen molar-refractivity contribution in [3.8, 4) is 0 Å². The molecule has 21 heavy (non-hydrogen) atoms. The maximum atomic E-state index is 4.56. The van der Waals surface area contributed by atoms with Crippen molar-refractivity contribution in [2.45, 2.75) is 26.4 Å². The molecule has 0 saturated heterocycles. The summed E-state index contributed by atoms with van der Waals surface area (Å²) in [6.07, 6.45) is 4.79. The Balaban J connectivity index is 2.13. The predicted molar refractivity (Wildman–Crippen MR) is 90.3 cm³/mol. The van der Waals surface area contributed by atoms with Gasteiger partial charge in [-0.1, -0.05) is 13.0 Å². The van der Waals surface area contributed by atoms with Crippen LogP contribution in [0.2, 0.25) is 0 Å². The molecule has 0 amide bonds. The maximum absolute atomic E-state index is 4.56. The number of hydrogen-bond acceptors (Lipinski definition) is 4. The summed E-state index contributed by atoms with van der Waals surface area (Å²) in [4.78, 5) is 11.1. The Hall–Kier alpha value is -1.46. The van der Waals surface area contributed by atoms with Gasteiger partial charge in [-0.2, -0.15) is 0 Å². The molecule has 0 aromatic carbocycles. The molecule has 2 aromatic heterocycles. The van der Waals surface area contributed by atoms with E-state index >= 15 is 0 Å². The average molecular weight is 349 g/mol. The van der Waals surface area contributed by atoms with E-state index in [0.29, 0.717) is 0 Å². The molecule has 0 unspecified atom stereocenters. The normalized spacial score (nSPS) is 10.6. The van der Waals surface area contributed by atoms with Gasteiger partial charge in [0, 0.05) is 36.0 Å². The molecule has 5 heteroatoms. The zero-order chi connectivity index (χ0) is 15.1. The average Bonchev–Trinajstić information content (AvgIpc) is 2.48. The first-order chi connectivity index (χ1) is 10.2. The highest BCUT2D eigenvalue weighted by atomic mass is 79.9. The molecule has 112 valence electrons. The summed E-state index contributed by atoms with van der Waals surface area (Å²) >= 11 is 3.50. The Morgan fingerprint density at radius 1 is 1.29 bits per heavy atom. The van der Waals surface area contributed by atoms with Crippen molar-refractivity contribution < 1.29 is 0 Å². The monoisotopic (exact) mass is 348 g/mol. The van der Waals surface area contributed by atoms with Gasteiger partial charge < -0.3 is 10.2 Å². The van der Waals surface area contributed by atoms with Crippen LogP contribution in [-0.4, -0.2) is 23.6 Å². The van der Waals surface area contributed by atoms with Crippen molar-refractivity contribution in [2.75, 3.05) is 18.5 Å². The van der Waals surface area contributed by atoms with E-state index in [1.165, 1.54) is 5.56 Å². The molecule has 0 aliphatic heterocycles. The summed E-state index contributed by atoms with van der Waals surface area (Å²) < 4.78 is 1.01. The molecule has 0 saturated carbocycles. The van der Waals surface area contributed by atoms with Crippen LogP contribution in [0.25, 0.3) is 0 Å². The van der Waals surface area contributed by atoms with Gasteiger partial charge in [0.05, 0.1) is 12.2 Å². The van der Waals surface area contributed by atoms with E-state index in [1.807, 2.05) is 37.6 Å². The Morgan fingerprint density at radius 2 is 2.14 bits per heavy atom. The maximum Gasteiger partial charge on any atom is 0.133 e. The molecule has 1 N–H and O–H groups in total. The van der Waals surface area contributed by atoms with Gasteiger partial charge in [0.1, 0.15) is 5.82 Å². The van der Waals surface area contributed by atoms with Gasteiger partial charge >= 0.3 is 0 Å².